The molecule has 0 aliphatic carbocycles. The van der Waals surface area contributed by atoms with Crippen molar-refractivity contribution in [3.8, 4) is 0 Å². The number of hydrogen-bond acceptors (Lipinski definition) is 6. The van der Waals surface area contributed by atoms with Gasteiger partial charge < -0.3 is 14.2 Å². The Morgan fingerprint density at radius 1 is 0.349 bits per heavy atom. The molecule has 1 atom stereocenters. The summed E-state index contributed by atoms with van der Waals surface area (Å²) in [5, 5.41) is 0. The molecule has 0 saturated heterocycles. The monoisotopic (exact) mass is 879 g/mol. The molecule has 0 aromatic carbocycles. The molecular formula is C57H98O6. The van der Waals surface area contributed by atoms with Gasteiger partial charge in [0.15, 0.2) is 6.10 Å². The number of allylic oxidation sites excluding steroid dienone is 12. The zero-order valence-corrected chi connectivity index (χ0v) is 41.3. The van der Waals surface area contributed by atoms with E-state index in [0.29, 0.717) is 19.3 Å². The molecule has 362 valence electrons. The van der Waals surface area contributed by atoms with E-state index < -0.39 is 6.10 Å². The highest BCUT2D eigenvalue weighted by Gasteiger charge is 2.19. The fraction of sp³-hybridized carbons (Fsp3) is 0.737. The van der Waals surface area contributed by atoms with E-state index in [4.69, 9.17) is 14.2 Å². The van der Waals surface area contributed by atoms with Gasteiger partial charge in [-0.2, -0.15) is 0 Å². The highest BCUT2D eigenvalue weighted by molar-refractivity contribution is 5.71. The lowest BCUT2D eigenvalue weighted by Gasteiger charge is -2.18. The first kappa shape index (κ1) is 59.9. The van der Waals surface area contributed by atoms with E-state index >= 15 is 0 Å². The molecule has 0 aliphatic heterocycles. The number of rotatable bonds is 47. The Kier molecular flexibility index (Phi) is 48.9. The van der Waals surface area contributed by atoms with Crippen molar-refractivity contribution < 1.29 is 28.6 Å². The van der Waals surface area contributed by atoms with Crippen molar-refractivity contribution in [3.05, 3.63) is 72.9 Å². The van der Waals surface area contributed by atoms with Gasteiger partial charge >= 0.3 is 17.9 Å². The predicted octanol–water partition coefficient (Wildman–Crippen LogP) is 17.4. The second kappa shape index (κ2) is 51.5. The molecule has 0 rings (SSSR count). The molecular weight excluding hydrogens is 781 g/mol. The van der Waals surface area contributed by atoms with E-state index in [1.807, 2.05) is 0 Å². The molecule has 0 aromatic heterocycles. The first-order valence-electron chi connectivity index (χ1n) is 26.5. The van der Waals surface area contributed by atoms with Gasteiger partial charge in [-0.1, -0.05) is 222 Å². The molecule has 0 fully saturated rings. The number of esters is 3. The Morgan fingerprint density at radius 2 is 0.667 bits per heavy atom. The molecule has 0 aromatic rings. The summed E-state index contributed by atoms with van der Waals surface area (Å²) in [4.78, 5) is 38.0. The Bertz CT molecular complexity index is 1190. The lowest BCUT2D eigenvalue weighted by Crippen LogP contribution is -2.30. The maximum absolute atomic E-state index is 12.8. The van der Waals surface area contributed by atoms with Crippen LogP contribution in [-0.2, 0) is 28.6 Å². The van der Waals surface area contributed by atoms with Crippen molar-refractivity contribution in [1.82, 2.24) is 0 Å². The van der Waals surface area contributed by atoms with E-state index in [2.05, 4.69) is 93.7 Å². The SMILES string of the molecule is CC/C=C\C/C=C\C/C=C\C/C=C\CCCCCC(=O)OC(COC(=O)CCCCCCCCCCCC)COC(=O)CCCCCCCCCCCC/C=C\C=C/CCCCC. The molecule has 6 nitrogen and oxygen atoms in total. The third-order valence-electron chi connectivity index (χ3n) is 11.2. The zero-order chi connectivity index (χ0) is 45.8. The zero-order valence-electron chi connectivity index (χ0n) is 41.3. The van der Waals surface area contributed by atoms with E-state index in [1.165, 1.54) is 122 Å². The van der Waals surface area contributed by atoms with Crippen LogP contribution in [-0.4, -0.2) is 37.2 Å². The second-order valence-corrected chi connectivity index (χ2v) is 17.4. The van der Waals surface area contributed by atoms with Crippen molar-refractivity contribution >= 4 is 17.9 Å². The van der Waals surface area contributed by atoms with Crippen LogP contribution in [0.15, 0.2) is 72.9 Å². The van der Waals surface area contributed by atoms with E-state index in [9.17, 15) is 14.4 Å². The molecule has 63 heavy (non-hydrogen) atoms. The number of ether oxygens (including phenoxy) is 3. The van der Waals surface area contributed by atoms with Crippen LogP contribution in [0.25, 0.3) is 0 Å². The summed E-state index contributed by atoms with van der Waals surface area (Å²) in [5.74, 6) is -0.921. The van der Waals surface area contributed by atoms with Gasteiger partial charge in [0.05, 0.1) is 0 Å². The number of unbranched alkanes of at least 4 members (excludes halogenated alkanes) is 25. The van der Waals surface area contributed by atoms with E-state index in [-0.39, 0.29) is 31.1 Å². The molecule has 0 N–H and O–H groups in total. The highest BCUT2D eigenvalue weighted by atomic mass is 16.6. The molecule has 0 saturated carbocycles. The smallest absolute Gasteiger partial charge is 0.306 e. The molecule has 6 heteroatoms. The van der Waals surface area contributed by atoms with Crippen LogP contribution in [0.3, 0.4) is 0 Å². The van der Waals surface area contributed by atoms with Crippen LogP contribution in [0, 0.1) is 0 Å². The third-order valence-corrected chi connectivity index (χ3v) is 11.2. The largest absolute Gasteiger partial charge is 0.462 e. The first-order chi connectivity index (χ1) is 31.0. The fourth-order valence-corrected chi connectivity index (χ4v) is 7.25. The standard InChI is InChI=1S/C57H98O6/c1-4-7-10-13-16-19-22-24-26-28-29-30-32-33-35-38-41-44-47-50-56(59)62-53-54(52-61-55(58)49-46-43-40-37-21-18-15-12-9-6-3)63-57(60)51-48-45-42-39-36-34-31-27-25-23-20-17-14-11-8-5-2/h8,11,16-17,19-20,22,24-25,27,34,36,54H,4-7,9-10,12-15,18,21,23,26,28-33,35,37-53H2,1-3H3/b11-8-,19-16-,20-17-,24-22-,27-25-,36-34-. The van der Waals surface area contributed by atoms with Crippen LogP contribution in [0.4, 0.5) is 0 Å². The minimum Gasteiger partial charge on any atom is -0.462 e. The molecule has 0 amide bonds. The van der Waals surface area contributed by atoms with Crippen LogP contribution >= 0.6 is 0 Å². The first-order valence-corrected chi connectivity index (χ1v) is 26.5. The molecule has 0 bridgehead atoms. The topological polar surface area (TPSA) is 78.9 Å². The van der Waals surface area contributed by atoms with Gasteiger partial charge in [-0.25, -0.2) is 0 Å². The minimum atomic E-state index is -0.791. The fourth-order valence-electron chi connectivity index (χ4n) is 7.25. The Balaban J connectivity index is 4.37. The average molecular weight is 879 g/mol. The lowest BCUT2D eigenvalue weighted by molar-refractivity contribution is -0.167. The summed E-state index contributed by atoms with van der Waals surface area (Å²) in [6.45, 7) is 6.46. The van der Waals surface area contributed by atoms with E-state index in [1.54, 1.807) is 0 Å². The molecule has 0 radical (unpaired) electrons. The van der Waals surface area contributed by atoms with Gasteiger partial charge in [0, 0.05) is 19.3 Å². The van der Waals surface area contributed by atoms with Crippen molar-refractivity contribution in [2.24, 2.45) is 0 Å². The average Bonchev–Trinajstić information content (AvgIpc) is 3.28. The van der Waals surface area contributed by atoms with Crippen molar-refractivity contribution in [2.45, 2.75) is 258 Å². The number of carbonyl (C=O) groups excluding carboxylic acids is 3. The predicted molar refractivity (Wildman–Crippen MR) is 270 cm³/mol. The maximum Gasteiger partial charge on any atom is 0.306 e. The van der Waals surface area contributed by atoms with Gasteiger partial charge in [0.2, 0.25) is 0 Å². The summed E-state index contributed by atoms with van der Waals surface area (Å²) in [6, 6.07) is 0. The van der Waals surface area contributed by atoms with E-state index in [0.717, 1.165) is 89.9 Å². The Morgan fingerprint density at radius 3 is 1.11 bits per heavy atom. The van der Waals surface area contributed by atoms with Gasteiger partial charge in [0.25, 0.3) is 0 Å². The third kappa shape index (κ3) is 49.7. The van der Waals surface area contributed by atoms with Gasteiger partial charge in [-0.05, 0) is 83.5 Å². The summed E-state index contributed by atoms with van der Waals surface area (Å²) < 4.78 is 16.8. The summed E-state index contributed by atoms with van der Waals surface area (Å²) in [7, 11) is 0. The van der Waals surface area contributed by atoms with Crippen LogP contribution in [0.1, 0.15) is 252 Å². The van der Waals surface area contributed by atoms with Crippen LogP contribution in [0.2, 0.25) is 0 Å². The molecule has 1 unspecified atom stereocenters. The Hall–Kier alpha value is -3.15. The lowest BCUT2D eigenvalue weighted by atomic mass is 10.1. The quantitative estimate of drug-likeness (QED) is 0.0199. The summed E-state index contributed by atoms with van der Waals surface area (Å²) >= 11 is 0. The number of carbonyl (C=O) groups is 3. The van der Waals surface area contributed by atoms with Crippen molar-refractivity contribution in [1.29, 1.82) is 0 Å². The Labute approximate surface area is 389 Å². The molecule has 0 heterocycles. The van der Waals surface area contributed by atoms with Crippen LogP contribution in [0.5, 0.6) is 0 Å². The summed E-state index contributed by atoms with van der Waals surface area (Å²) in [5.41, 5.74) is 0. The second-order valence-electron chi connectivity index (χ2n) is 17.4. The molecule has 0 aliphatic rings. The highest BCUT2D eigenvalue weighted by Crippen LogP contribution is 2.15. The summed E-state index contributed by atoms with van der Waals surface area (Å²) in [6.07, 6.45) is 64.6. The van der Waals surface area contributed by atoms with Crippen molar-refractivity contribution in [2.75, 3.05) is 13.2 Å². The van der Waals surface area contributed by atoms with Crippen LogP contribution < -0.4 is 0 Å². The minimum absolute atomic E-state index is 0.0880. The van der Waals surface area contributed by atoms with Gasteiger partial charge in [-0.3, -0.25) is 14.4 Å². The van der Waals surface area contributed by atoms with Gasteiger partial charge in [0.1, 0.15) is 13.2 Å². The number of hydrogen-bond donors (Lipinski definition) is 0. The maximum atomic E-state index is 12.8. The van der Waals surface area contributed by atoms with Gasteiger partial charge in [-0.15, -0.1) is 0 Å². The normalized spacial score (nSPS) is 12.6. The van der Waals surface area contributed by atoms with Crippen molar-refractivity contribution in [3.63, 3.8) is 0 Å². The molecule has 0 spiro atoms.